The quantitative estimate of drug-likeness (QED) is 0.888. The van der Waals surface area contributed by atoms with Crippen molar-refractivity contribution in [3.8, 4) is 0 Å². The van der Waals surface area contributed by atoms with Crippen LogP contribution in [0.25, 0.3) is 0 Å². The van der Waals surface area contributed by atoms with Gasteiger partial charge >= 0.3 is 6.09 Å². The Bertz CT molecular complexity index is 424. The van der Waals surface area contributed by atoms with Crippen molar-refractivity contribution in [1.29, 1.82) is 0 Å². The van der Waals surface area contributed by atoms with Crippen LogP contribution in [-0.4, -0.2) is 17.7 Å². The van der Waals surface area contributed by atoms with E-state index in [2.05, 4.69) is 5.32 Å². The number of rotatable bonds is 4. The minimum atomic E-state index is -0.511. The molecule has 0 spiro atoms. The summed E-state index contributed by atoms with van der Waals surface area (Å²) in [7, 11) is 0. The van der Waals surface area contributed by atoms with E-state index in [1.807, 2.05) is 65.0 Å². The number of amides is 1. The largest absolute Gasteiger partial charge is 0.444 e. The molecule has 1 aromatic carbocycles. The highest BCUT2D eigenvalue weighted by Crippen LogP contribution is 2.20. The molecule has 20 heavy (non-hydrogen) atoms. The van der Waals surface area contributed by atoms with Gasteiger partial charge in [-0.3, -0.25) is 0 Å². The Labute approximate surface area is 121 Å². The molecule has 1 rings (SSSR count). The van der Waals surface area contributed by atoms with Crippen molar-refractivity contribution in [1.82, 2.24) is 5.32 Å². The lowest BCUT2D eigenvalue weighted by atomic mass is 9.92. The molecule has 0 heterocycles. The Balaban J connectivity index is 2.77. The predicted molar refractivity (Wildman–Crippen MR) is 81.4 cm³/mol. The Morgan fingerprint density at radius 2 is 1.75 bits per heavy atom. The van der Waals surface area contributed by atoms with Gasteiger partial charge < -0.3 is 15.8 Å². The lowest BCUT2D eigenvalue weighted by Crippen LogP contribution is -2.47. The predicted octanol–water partition coefficient (Wildman–Crippen LogP) is 3.24. The van der Waals surface area contributed by atoms with Crippen LogP contribution in [0.4, 0.5) is 4.79 Å². The van der Waals surface area contributed by atoms with E-state index in [-0.39, 0.29) is 18.0 Å². The van der Waals surface area contributed by atoms with Crippen molar-refractivity contribution in [2.75, 3.05) is 0 Å². The van der Waals surface area contributed by atoms with E-state index in [1.54, 1.807) is 0 Å². The number of nitrogens with one attached hydrogen (secondary N) is 1. The Morgan fingerprint density at radius 1 is 1.20 bits per heavy atom. The molecule has 2 unspecified atom stereocenters. The van der Waals surface area contributed by atoms with Crippen LogP contribution in [0.5, 0.6) is 0 Å². The second kappa shape index (κ2) is 6.75. The summed E-state index contributed by atoms with van der Waals surface area (Å²) in [5.74, 6) is 0.206. The van der Waals surface area contributed by atoms with Crippen LogP contribution >= 0.6 is 0 Å². The first-order valence-corrected chi connectivity index (χ1v) is 7.01. The molecular formula is C16H26N2O2. The van der Waals surface area contributed by atoms with Gasteiger partial charge in [0.05, 0.1) is 12.1 Å². The van der Waals surface area contributed by atoms with Crippen LogP contribution in [0.3, 0.4) is 0 Å². The molecule has 0 saturated carbocycles. The van der Waals surface area contributed by atoms with Gasteiger partial charge in [0.25, 0.3) is 0 Å². The highest BCUT2D eigenvalue weighted by Gasteiger charge is 2.26. The van der Waals surface area contributed by atoms with Crippen LogP contribution in [0.1, 0.15) is 46.2 Å². The van der Waals surface area contributed by atoms with Crippen molar-refractivity contribution in [3.05, 3.63) is 35.9 Å². The summed E-state index contributed by atoms with van der Waals surface area (Å²) in [5, 5.41) is 2.89. The first-order chi connectivity index (χ1) is 9.20. The smallest absolute Gasteiger partial charge is 0.407 e. The van der Waals surface area contributed by atoms with Gasteiger partial charge in [-0.25, -0.2) is 4.79 Å². The van der Waals surface area contributed by atoms with Gasteiger partial charge in [-0.15, -0.1) is 0 Å². The number of carbonyl (C=O) groups is 1. The molecule has 3 N–H and O–H groups in total. The maximum atomic E-state index is 11.9. The second-order valence-electron chi connectivity index (χ2n) is 6.35. The molecule has 0 radical (unpaired) electrons. The molecule has 0 aliphatic rings. The van der Waals surface area contributed by atoms with Gasteiger partial charge in [-0.2, -0.15) is 0 Å². The highest BCUT2D eigenvalue weighted by atomic mass is 16.6. The van der Waals surface area contributed by atoms with Crippen molar-refractivity contribution >= 4 is 6.09 Å². The average Bonchev–Trinajstić information content (AvgIpc) is 2.34. The second-order valence-corrected chi connectivity index (χ2v) is 6.35. The molecule has 1 amide bonds. The molecule has 0 saturated heterocycles. The Kier molecular flexibility index (Phi) is 5.57. The lowest BCUT2D eigenvalue weighted by Gasteiger charge is -2.30. The van der Waals surface area contributed by atoms with Crippen molar-refractivity contribution in [3.63, 3.8) is 0 Å². The zero-order chi connectivity index (χ0) is 15.3. The van der Waals surface area contributed by atoms with Crippen molar-refractivity contribution in [2.24, 2.45) is 11.7 Å². The zero-order valence-electron chi connectivity index (χ0n) is 13.0. The van der Waals surface area contributed by atoms with E-state index < -0.39 is 11.7 Å². The molecule has 0 aromatic heterocycles. The van der Waals surface area contributed by atoms with Gasteiger partial charge in [0, 0.05) is 0 Å². The molecular weight excluding hydrogens is 252 g/mol. The molecule has 0 aliphatic heterocycles. The molecule has 0 bridgehead atoms. The molecule has 0 fully saturated rings. The van der Waals surface area contributed by atoms with Gasteiger partial charge in [0.1, 0.15) is 5.60 Å². The van der Waals surface area contributed by atoms with Crippen LogP contribution in [0.2, 0.25) is 0 Å². The lowest BCUT2D eigenvalue weighted by molar-refractivity contribution is 0.0480. The van der Waals surface area contributed by atoms with Gasteiger partial charge in [-0.05, 0) is 32.3 Å². The minimum Gasteiger partial charge on any atom is -0.444 e. The molecule has 4 nitrogen and oxygen atoms in total. The third kappa shape index (κ3) is 5.21. The fourth-order valence-electron chi connectivity index (χ4n) is 2.00. The topological polar surface area (TPSA) is 64.3 Å². The fraction of sp³-hybridized carbons (Fsp3) is 0.562. The average molecular weight is 278 g/mol. The van der Waals surface area contributed by atoms with E-state index >= 15 is 0 Å². The third-order valence-corrected chi connectivity index (χ3v) is 2.97. The monoisotopic (exact) mass is 278 g/mol. The van der Waals surface area contributed by atoms with Gasteiger partial charge in [0.2, 0.25) is 0 Å². The number of benzene rings is 1. The summed E-state index contributed by atoms with van der Waals surface area (Å²) >= 11 is 0. The highest BCUT2D eigenvalue weighted by molar-refractivity contribution is 5.68. The van der Waals surface area contributed by atoms with Gasteiger partial charge in [-0.1, -0.05) is 44.2 Å². The SMILES string of the molecule is CC(C)C(NC(=O)OC(C)(C)C)C(N)c1ccccc1. The summed E-state index contributed by atoms with van der Waals surface area (Å²) in [5.41, 5.74) is 6.77. The number of alkyl carbamates (subject to hydrolysis) is 1. The summed E-state index contributed by atoms with van der Waals surface area (Å²) in [6.45, 7) is 9.59. The van der Waals surface area contributed by atoms with Crippen LogP contribution in [-0.2, 0) is 4.74 Å². The number of hydrogen-bond acceptors (Lipinski definition) is 3. The van der Waals surface area contributed by atoms with Crippen LogP contribution in [0, 0.1) is 5.92 Å². The molecule has 112 valence electrons. The Hall–Kier alpha value is -1.55. The normalized spacial score (nSPS) is 14.8. The van der Waals surface area contributed by atoms with Crippen LogP contribution in [0.15, 0.2) is 30.3 Å². The number of carbonyl (C=O) groups excluding carboxylic acids is 1. The fourth-order valence-corrected chi connectivity index (χ4v) is 2.00. The number of hydrogen-bond donors (Lipinski definition) is 2. The molecule has 1 aromatic rings. The summed E-state index contributed by atoms with van der Waals surface area (Å²) in [4.78, 5) is 11.9. The van der Waals surface area contributed by atoms with Crippen molar-refractivity contribution < 1.29 is 9.53 Å². The summed E-state index contributed by atoms with van der Waals surface area (Å²) in [6.07, 6.45) is -0.428. The minimum absolute atomic E-state index is 0.174. The maximum absolute atomic E-state index is 11.9. The van der Waals surface area contributed by atoms with Crippen LogP contribution < -0.4 is 11.1 Å². The standard InChI is InChI=1S/C16H26N2O2/c1-11(2)14(18-15(19)20-16(3,4)5)13(17)12-9-7-6-8-10-12/h6-11,13-14H,17H2,1-5H3,(H,18,19). The Morgan fingerprint density at radius 3 is 2.20 bits per heavy atom. The summed E-state index contributed by atoms with van der Waals surface area (Å²) in [6, 6.07) is 9.34. The van der Waals surface area contributed by atoms with E-state index in [1.165, 1.54) is 0 Å². The summed E-state index contributed by atoms with van der Waals surface area (Å²) < 4.78 is 5.30. The van der Waals surface area contributed by atoms with E-state index in [9.17, 15) is 4.79 Å². The molecule has 2 atom stereocenters. The van der Waals surface area contributed by atoms with E-state index in [0.29, 0.717) is 0 Å². The maximum Gasteiger partial charge on any atom is 0.407 e. The number of ether oxygens (including phenoxy) is 1. The molecule has 0 aliphatic carbocycles. The van der Waals surface area contributed by atoms with Gasteiger partial charge in [0.15, 0.2) is 0 Å². The molecule has 4 heteroatoms. The van der Waals surface area contributed by atoms with E-state index in [0.717, 1.165) is 5.56 Å². The first kappa shape index (κ1) is 16.5. The third-order valence-electron chi connectivity index (χ3n) is 2.97. The zero-order valence-corrected chi connectivity index (χ0v) is 13.0. The number of nitrogens with two attached hydrogens (primary N) is 1. The van der Waals surface area contributed by atoms with E-state index in [4.69, 9.17) is 10.5 Å². The van der Waals surface area contributed by atoms with Crippen molar-refractivity contribution in [2.45, 2.75) is 52.3 Å². The first-order valence-electron chi connectivity index (χ1n) is 7.01.